The van der Waals surface area contributed by atoms with E-state index in [0.717, 1.165) is 49.5 Å². The molecular formula is C29H33N9O2. The summed E-state index contributed by atoms with van der Waals surface area (Å²) in [6.45, 7) is 8.65. The van der Waals surface area contributed by atoms with E-state index in [1.54, 1.807) is 6.20 Å². The van der Waals surface area contributed by atoms with Gasteiger partial charge in [-0.1, -0.05) is 36.9 Å². The quantitative estimate of drug-likeness (QED) is 0.323. The average molecular weight is 540 g/mol. The number of likely N-dealkylation sites (tertiary alicyclic amines) is 1. The summed E-state index contributed by atoms with van der Waals surface area (Å²) in [5.74, 6) is 1.96. The molecule has 1 aromatic carbocycles. The Bertz CT molecular complexity index is 1470. The van der Waals surface area contributed by atoms with Crippen LogP contribution in [0.5, 0.6) is 0 Å². The summed E-state index contributed by atoms with van der Waals surface area (Å²) in [6.07, 6.45) is 6.82. The number of carbonyl (C=O) groups excluding carboxylic acids is 1. The SMILES string of the molecule is C=CC(=O)N1CCCC(n2cnc3c(NCc4ccccc4)nc(Nc4ccc(N5CCOCC5)nc4)nc32)C1. The summed E-state index contributed by atoms with van der Waals surface area (Å²) in [4.78, 5) is 35.4. The van der Waals surface area contributed by atoms with Crippen molar-refractivity contribution in [2.75, 3.05) is 54.9 Å². The highest BCUT2D eigenvalue weighted by Gasteiger charge is 2.26. The molecule has 6 rings (SSSR count). The first-order valence-electron chi connectivity index (χ1n) is 13.7. The molecule has 2 aliphatic heterocycles. The molecule has 0 bridgehead atoms. The molecule has 1 amide bonds. The van der Waals surface area contributed by atoms with Crippen LogP contribution in [0.3, 0.4) is 0 Å². The van der Waals surface area contributed by atoms with Gasteiger partial charge in [0.25, 0.3) is 0 Å². The molecule has 0 saturated carbocycles. The van der Waals surface area contributed by atoms with Crippen LogP contribution in [0.1, 0.15) is 24.4 Å². The van der Waals surface area contributed by atoms with Crippen molar-refractivity contribution >= 4 is 40.3 Å². The Balaban J connectivity index is 1.30. The Morgan fingerprint density at radius 1 is 1.07 bits per heavy atom. The van der Waals surface area contributed by atoms with Gasteiger partial charge in [-0.25, -0.2) is 9.97 Å². The number of amides is 1. The molecular weight excluding hydrogens is 506 g/mol. The number of anilines is 4. The van der Waals surface area contributed by atoms with E-state index in [2.05, 4.69) is 43.8 Å². The molecule has 11 heteroatoms. The fourth-order valence-electron chi connectivity index (χ4n) is 5.22. The smallest absolute Gasteiger partial charge is 0.246 e. The van der Waals surface area contributed by atoms with E-state index in [9.17, 15) is 4.79 Å². The molecule has 0 aliphatic carbocycles. The van der Waals surface area contributed by atoms with Crippen LogP contribution in [0.4, 0.5) is 23.3 Å². The third-order valence-corrected chi connectivity index (χ3v) is 7.34. The first-order chi connectivity index (χ1) is 19.7. The van der Waals surface area contributed by atoms with Gasteiger partial charge in [-0.2, -0.15) is 9.97 Å². The van der Waals surface area contributed by atoms with E-state index in [-0.39, 0.29) is 11.9 Å². The summed E-state index contributed by atoms with van der Waals surface area (Å²) in [5.41, 5.74) is 3.33. The lowest BCUT2D eigenvalue weighted by atomic mass is 10.1. The summed E-state index contributed by atoms with van der Waals surface area (Å²) >= 11 is 0. The largest absolute Gasteiger partial charge is 0.378 e. The Morgan fingerprint density at radius 2 is 1.93 bits per heavy atom. The van der Waals surface area contributed by atoms with E-state index in [0.29, 0.717) is 49.2 Å². The number of benzene rings is 1. The van der Waals surface area contributed by atoms with Gasteiger partial charge in [-0.05, 0) is 36.6 Å². The number of nitrogens with zero attached hydrogens (tertiary/aromatic N) is 7. The number of hydrogen-bond acceptors (Lipinski definition) is 9. The predicted octanol–water partition coefficient (Wildman–Crippen LogP) is 3.76. The highest BCUT2D eigenvalue weighted by Crippen LogP contribution is 2.29. The van der Waals surface area contributed by atoms with Gasteiger partial charge in [0.15, 0.2) is 17.0 Å². The van der Waals surface area contributed by atoms with Crippen molar-refractivity contribution in [1.29, 1.82) is 0 Å². The van der Waals surface area contributed by atoms with Crippen LogP contribution in [-0.2, 0) is 16.1 Å². The van der Waals surface area contributed by atoms with Gasteiger partial charge in [0.2, 0.25) is 11.9 Å². The van der Waals surface area contributed by atoms with Crippen LogP contribution < -0.4 is 15.5 Å². The van der Waals surface area contributed by atoms with Crippen molar-refractivity contribution in [2.45, 2.75) is 25.4 Å². The predicted molar refractivity (Wildman–Crippen MR) is 155 cm³/mol. The fourth-order valence-corrected chi connectivity index (χ4v) is 5.22. The second-order valence-corrected chi connectivity index (χ2v) is 9.97. The minimum absolute atomic E-state index is 0.0515. The number of imidazole rings is 1. The summed E-state index contributed by atoms with van der Waals surface area (Å²) in [6, 6.07) is 14.2. The lowest BCUT2D eigenvalue weighted by molar-refractivity contribution is -0.127. The maximum atomic E-state index is 12.3. The van der Waals surface area contributed by atoms with Crippen LogP contribution in [-0.4, -0.2) is 74.7 Å². The molecule has 3 aromatic heterocycles. The fraction of sp³-hybridized carbons (Fsp3) is 0.345. The molecule has 5 heterocycles. The monoisotopic (exact) mass is 539 g/mol. The minimum atomic E-state index is -0.0515. The maximum absolute atomic E-state index is 12.3. The van der Waals surface area contributed by atoms with Gasteiger partial charge in [0.05, 0.1) is 37.5 Å². The van der Waals surface area contributed by atoms with Crippen molar-refractivity contribution in [1.82, 2.24) is 29.4 Å². The summed E-state index contributed by atoms with van der Waals surface area (Å²) in [7, 11) is 0. The van der Waals surface area contributed by atoms with Crippen molar-refractivity contribution in [3.63, 3.8) is 0 Å². The van der Waals surface area contributed by atoms with E-state index in [4.69, 9.17) is 19.7 Å². The van der Waals surface area contributed by atoms with Gasteiger partial charge >= 0.3 is 0 Å². The molecule has 1 atom stereocenters. The number of morpholine rings is 1. The van der Waals surface area contributed by atoms with E-state index >= 15 is 0 Å². The highest BCUT2D eigenvalue weighted by atomic mass is 16.5. The second-order valence-electron chi connectivity index (χ2n) is 9.97. The van der Waals surface area contributed by atoms with Gasteiger partial charge in [0, 0.05) is 32.7 Å². The molecule has 2 saturated heterocycles. The number of aromatic nitrogens is 5. The topological polar surface area (TPSA) is 113 Å². The molecule has 206 valence electrons. The van der Waals surface area contributed by atoms with Gasteiger partial charge < -0.3 is 29.7 Å². The normalized spacial score (nSPS) is 17.6. The van der Waals surface area contributed by atoms with Crippen molar-refractivity contribution in [3.05, 3.63) is 73.2 Å². The molecule has 4 aromatic rings. The number of rotatable bonds is 8. The number of ether oxygens (including phenoxy) is 1. The molecule has 11 nitrogen and oxygen atoms in total. The van der Waals surface area contributed by atoms with Gasteiger partial charge in [-0.3, -0.25) is 4.79 Å². The lowest BCUT2D eigenvalue weighted by Crippen LogP contribution is -2.39. The Labute approximate surface area is 232 Å². The molecule has 40 heavy (non-hydrogen) atoms. The lowest BCUT2D eigenvalue weighted by Gasteiger charge is -2.32. The van der Waals surface area contributed by atoms with Crippen molar-refractivity contribution in [3.8, 4) is 0 Å². The molecule has 2 N–H and O–H groups in total. The standard InChI is InChI=1S/C29H33N9O2/c1-2-25(39)37-12-6-9-23(19-37)38-20-32-26-27(31-17-21-7-4-3-5-8-21)34-29(35-28(26)38)33-22-10-11-24(30-18-22)36-13-15-40-16-14-36/h2-5,7-8,10-11,18,20,23H,1,6,9,12-17,19H2,(H2,31,33,34,35). The molecule has 0 spiro atoms. The molecule has 0 radical (unpaired) electrons. The van der Waals surface area contributed by atoms with Crippen molar-refractivity contribution < 1.29 is 9.53 Å². The van der Waals surface area contributed by atoms with E-state index in [1.165, 1.54) is 6.08 Å². The zero-order chi connectivity index (χ0) is 27.3. The van der Waals surface area contributed by atoms with Crippen LogP contribution in [0.25, 0.3) is 11.2 Å². The minimum Gasteiger partial charge on any atom is -0.378 e. The molecule has 2 fully saturated rings. The molecule has 1 unspecified atom stereocenters. The number of fused-ring (bicyclic) bond motifs is 1. The summed E-state index contributed by atoms with van der Waals surface area (Å²) in [5, 5.41) is 6.79. The Kier molecular flexibility index (Phi) is 7.53. The van der Waals surface area contributed by atoms with Crippen molar-refractivity contribution in [2.24, 2.45) is 0 Å². The third kappa shape index (κ3) is 5.59. The first-order valence-corrected chi connectivity index (χ1v) is 13.7. The highest BCUT2D eigenvalue weighted by molar-refractivity contribution is 5.87. The van der Waals surface area contributed by atoms with Crippen LogP contribution in [0.2, 0.25) is 0 Å². The van der Waals surface area contributed by atoms with E-state index < -0.39 is 0 Å². The second kappa shape index (κ2) is 11.7. The number of pyridine rings is 1. The zero-order valence-electron chi connectivity index (χ0n) is 22.4. The number of carbonyl (C=O) groups is 1. The van der Waals surface area contributed by atoms with Gasteiger partial charge in [-0.15, -0.1) is 0 Å². The van der Waals surface area contributed by atoms with Gasteiger partial charge in [0.1, 0.15) is 5.82 Å². The first kappa shape index (κ1) is 25.8. The third-order valence-electron chi connectivity index (χ3n) is 7.34. The number of nitrogens with one attached hydrogen (secondary N) is 2. The maximum Gasteiger partial charge on any atom is 0.246 e. The zero-order valence-corrected chi connectivity index (χ0v) is 22.4. The Hall–Kier alpha value is -4.51. The number of hydrogen-bond donors (Lipinski definition) is 2. The molecule has 2 aliphatic rings. The van der Waals surface area contributed by atoms with Crippen LogP contribution in [0.15, 0.2) is 67.6 Å². The van der Waals surface area contributed by atoms with Crippen LogP contribution >= 0.6 is 0 Å². The Morgan fingerprint density at radius 3 is 2.70 bits per heavy atom. The van der Waals surface area contributed by atoms with Crippen LogP contribution in [0, 0.1) is 0 Å². The number of piperidine rings is 1. The summed E-state index contributed by atoms with van der Waals surface area (Å²) < 4.78 is 7.52. The van der Waals surface area contributed by atoms with E-state index in [1.807, 2.05) is 41.6 Å². The average Bonchev–Trinajstić information content (AvgIpc) is 3.45.